The van der Waals surface area contributed by atoms with Crippen molar-refractivity contribution in [2.75, 3.05) is 44.7 Å². The van der Waals surface area contributed by atoms with Crippen molar-refractivity contribution in [1.82, 2.24) is 9.21 Å². The topological polar surface area (TPSA) is 60.9 Å². The van der Waals surface area contributed by atoms with Gasteiger partial charge < -0.3 is 9.80 Å². The number of carbonyl (C=O) groups is 1. The molecule has 1 aliphatic heterocycles. The lowest BCUT2D eigenvalue weighted by Crippen LogP contribution is -2.47. The van der Waals surface area contributed by atoms with Crippen molar-refractivity contribution in [1.29, 1.82) is 0 Å². The first-order valence-corrected chi connectivity index (χ1v) is 10.6. The van der Waals surface area contributed by atoms with Crippen LogP contribution in [0.2, 0.25) is 0 Å². The van der Waals surface area contributed by atoms with Gasteiger partial charge in [0.2, 0.25) is 10.0 Å². The molecule has 0 unspecified atom stereocenters. The Hall–Kier alpha value is -2.48. The summed E-state index contributed by atoms with van der Waals surface area (Å²) in [5, 5.41) is 0. The summed E-state index contributed by atoms with van der Waals surface area (Å²) in [6.45, 7) is 6.34. The molecule has 1 saturated heterocycles. The molecule has 2 aromatic carbocycles. The predicted molar refractivity (Wildman–Crippen MR) is 111 cm³/mol. The summed E-state index contributed by atoms with van der Waals surface area (Å²) in [4.78, 5) is 16.9. The van der Waals surface area contributed by atoms with Crippen LogP contribution >= 0.6 is 0 Å². The van der Waals surface area contributed by atoms with Crippen molar-refractivity contribution in [3.63, 3.8) is 0 Å². The number of carbonyl (C=O) groups excluding carboxylic acids is 1. The normalized spacial score (nSPS) is 15.9. The minimum atomic E-state index is -3.63. The van der Waals surface area contributed by atoms with Crippen molar-refractivity contribution in [3.05, 3.63) is 72.8 Å². The first-order valence-electron chi connectivity index (χ1n) is 9.20. The van der Waals surface area contributed by atoms with Crippen LogP contribution in [0, 0.1) is 0 Å². The van der Waals surface area contributed by atoms with Crippen LogP contribution in [0.5, 0.6) is 0 Å². The summed E-state index contributed by atoms with van der Waals surface area (Å²) in [5.74, 6) is -0.262. The molecule has 6 nitrogen and oxygen atoms in total. The van der Waals surface area contributed by atoms with E-state index in [1.165, 1.54) is 10.4 Å². The van der Waals surface area contributed by atoms with E-state index in [2.05, 4.69) is 11.5 Å². The lowest BCUT2D eigenvalue weighted by Gasteiger charge is -2.31. The first-order chi connectivity index (χ1) is 13.4. The SMILES string of the molecule is C=CCN(C(=O)c1cccc(S(=O)(=O)N2CCN(C)CC2)c1)c1ccccc1. The number of amides is 1. The average molecular weight is 400 g/mol. The summed E-state index contributed by atoms with van der Waals surface area (Å²) in [5.41, 5.74) is 1.07. The molecule has 0 aromatic heterocycles. The van der Waals surface area contributed by atoms with Gasteiger partial charge in [0.15, 0.2) is 0 Å². The van der Waals surface area contributed by atoms with Gasteiger partial charge in [0, 0.05) is 44.0 Å². The van der Waals surface area contributed by atoms with Crippen LogP contribution in [-0.2, 0) is 10.0 Å². The minimum absolute atomic E-state index is 0.148. The van der Waals surface area contributed by atoms with Gasteiger partial charge in [-0.05, 0) is 37.4 Å². The van der Waals surface area contributed by atoms with Crippen molar-refractivity contribution in [3.8, 4) is 0 Å². The third-order valence-electron chi connectivity index (χ3n) is 4.81. The Morgan fingerprint density at radius 1 is 1.07 bits per heavy atom. The van der Waals surface area contributed by atoms with E-state index >= 15 is 0 Å². The lowest BCUT2D eigenvalue weighted by atomic mass is 10.1. The third-order valence-corrected chi connectivity index (χ3v) is 6.70. The second kappa shape index (κ2) is 8.68. The van der Waals surface area contributed by atoms with Gasteiger partial charge in [-0.15, -0.1) is 6.58 Å². The number of hydrogen-bond donors (Lipinski definition) is 0. The molecule has 0 N–H and O–H groups in total. The lowest BCUT2D eigenvalue weighted by molar-refractivity contribution is 0.0989. The van der Waals surface area contributed by atoms with Crippen LogP contribution in [0.15, 0.2) is 72.1 Å². The number of rotatable bonds is 6. The Labute approximate surface area is 166 Å². The van der Waals surface area contributed by atoms with Gasteiger partial charge in [-0.3, -0.25) is 4.79 Å². The van der Waals surface area contributed by atoms with E-state index in [0.29, 0.717) is 38.3 Å². The van der Waals surface area contributed by atoms with Gasteiger partial charge in [0.05, 0.1) is 4.90 Å². The van der Waals surface area contributed by atoms with Gasteiger partial charge >= 0.3 is 0 Å². The van der Waals surface area contributed by atoms with E-state index in [1.807, 2.05) is 37.4 Å². The number of benzene rings is 2. The number of likely N-dealkylation sites (N-methyl/N-ethyl adjacent to an activating group) is 1. The molecule has 28 heavy (non-hydrogen) atoms. The molecule has 2 aromatic rings. The fraction of sp³-hybridized carbons (Fsp3) is 0.286. The number of hydrogen-bond acceptors (Lipinski definition) is 4. The number of anilines is 1. The van der Waals surface area contributed by atoms with E-state index in [1.54, 1.807) is 29.2 Å². The highest BCUT2D eigenvalue weighted by atomic mass is 32.2. The summed E-state index contributed by atoms with van der Waals surface area (Å²) in [6.07, 6.45) is 1.65. The molecule has 7 heteroatoms. The Bertz CT molecular complexity index is 936. The molecule has 1 heterocycles. The smallest absolute Gasteiger partial charge is 0.258 e. The Balaban J connectivity index is 1.89. The van der Waals surface area contributed by atoms with Crippen LogP contribution < -0.4 is 4.90 Å². The van der Waals surface area contributed by atoms with Crippen molar-refractivity contribution < 1.29 is 13.2 Å². The zero-order chi connectivity index (χ0) is 20.1. The standard InChI is InChI=1S/C21H25N3O3S/c1-3-12-24(19-9-5-4-6-10-19)21(25)18-8-7-11-20(17-18)28(26,27)23-15-13-22(2)14-16-23/h3-11,17H,1,12-16H2,2H3. The molecule has 1 amide bonds. The van der Waals surface area contributed by atoms with Crippen molar-refractivity contribution in [2.24, 2.45) is 0 Å². The van der Waals surface area contributed by atoms with E-state index in [4.69, 9.17) is 0 Å². The van der Waals surface area contributed by atoms with Crippen LogP contribution in [0.4, 0.5) is 5.69 Å². The number of sulfonamides is 1. The van der Waals surface area contributed by atoms with E-state index in [9.17, 15) is 13.2 Å². The highest BCUT2D eigenvalue weighted by Crippen LogP contribution is 2.21. The quantitative estimate of drug-likeness (QED) is 0.700. The summed E-state index contributed by atoms with van der Waals surface area (Å²) in [7, 11) is -1.66. The molecular weight excluding hydrogens is 374 g/mol. The van der Waals surface area contributed by atoms with Crippen molar-refractivity contribution >= 4 is 21.6 Å². The molecule has 0 bridgehead atoms. The summed E-state index contributed by atoms with van der Waals surface area (Å²) in [6, 6.07) is 15.5. The van der Waals surface area contributed by atoms with Crippen LogP contribution in [-0.4, -0.2) is 63.3 Å². The molecular formula is C21H25N3O3S. The maximum absolute atomic E-state index is 13.1. The second-order valence-corrected chi connectivity index (χ2v) is 8.71. The number of para-hydroxylation sites is 1. The fourth-order valence-electron chi connectivity index (χ4n) is 3.17. The van der Waals surface area contributed by atoms with E-state index in [0.717, 1.165) is 5.69 Å². The molecule has 148 valence electrons. The van der Waals surface area contributed by atoms with Crippen molar-refractivity contribution in [2.45, 2.75) is 4.90 Å². The Morgan fingerprint density at radius 3 is 2.39 bits per heavy atom. The maximum Gasteiger partial charge on any atom is 0.258 e. The van der Waals surface area contributed by atoms with Gasteiger partial charge in [0.1, 0.15) is 0 Å². The van der Waals surface area contributed by atoms with E-state index < -0.39 is 10.0 Å². The van der Waals surface area contributed by atoms with Gasteiger partial charge in [0.25, 0.3) is 5.91 Å². The largest absolute Gasteiger partial charge is 0.305 e. The molecule has 1 fully saturated rings. The zero-order valence-corrected chi connectivity index (χ0v) is 16.8. The molecule has 0 atom stereocenters. The second-order valence-electron chi connectivity index (χ2n) is 6.78. The molecule has 0 radical (unpaired) electrons. The molecule has 0 saturated carbocycles. The van der Waals surface area contributed by atoms with Crippen LogP contribution in [0.25, 0.3) is 0 Å². The fourth-order valence-corrected chi connectivity index (χ4v) is 4.63. The van der Waals surface area contributed by atoms with Gasteiger partial charge in [-0.1, -0.05) is 30.3 Å². The Morgan fingerprint density at radius 2 is 1.75 bits per heavy atom. The molecule has 1 aliphatic rings. The summed E-state index contributed by atoms with van der Waals surface area (Å²) < 4.78 is 27.5. The van der Waals surface area contributed by atoms with Crippen LogP contribution in [0.3, 0.4) is 0 Å². The van der Waals surface area contributed by atoms with E-state index in [-0.39, 0.29) is 10.8 Å². The highest BCUT2D eigenvalue weighted by molar-refractivity contribution is 7.89. The van der Waals surface area contributed by atoms with Gasteiger partial charge in [-0.2, -0.15) is 4.31 Å². The van der Waals surface area contributed by atoms with Gasteiger partial charge in [-0.25, -0.2) is 8.42 Å². The monoisotopic (exact) mass is 399 g/mol. The maximum atomic E-state index is 13.1. The molecule has 0 spiro atoms. The zero-order valence-electron chi connectivity index (χ0n) is 16.0. The van der Waals surface area contributed by atoms with Crippen LogP contribution in [0.1, 0.15) is 10.4 Å². The minimum Gasteiger partial charge on any atom is -0.305 e. The number of nitrogens with zero attached hydrogens (tertiary/aromatic N) is 3. The number of piperazine rings is 1. The average Bonchev–Trinajstić information content (AvgIpc) is 2.72. The highest BCUT2D eigenvalue weighted by Gasteiger charge is 2.28. The predicted octanol–water partition coefficient (Wildman–Crippen LogP) is 2.46. The Kier molecular flexibility index (Phi) is 6.28. The molecule has 0 aliphatic carbocycles. The first kappa shape index (κ1) is 20.3. The molecule has 3 rings (SSSR count). The summed E-state index contributed by atoms with van der Waals surface area (Å²) >= 11 is 0. The third kappa shape index (κ3) is 4.32.